The highest BCUT2D eigenvalue weighted by molar-refractivity contribution is 7.89. The van der Waals surface area contributed by atoms with Crippen molar-refractivity contribution < 1.29 is 26.8 Å². The van der Waals surface area contributed by atoms with E-state index in [2.05, 4.69) is 10.0 Å². The molecular formula is C29H42F2N4O4S. The number of carbonyl (C=O) groups excluding carboxylic acids is 2. The van der Waals surface area contributed by atoms with Gasteiger partial charge in [-0.05, 0) is 84.1 Å². The van der Waals surface area contributed by atoms with Gasteiger partial charge in [-0.25, -0.2) is 21.9 Å². The number of sulfonamides is 1. The van der Waals surface area contributed by atoms with Crippen LogP contribution in [0.5, 0.6) is 0 Å². The van der Waals surface area contributed by atoms with Gasteiger partial charge in [0.15, 0.2) is 0 Å². The SMILES string of the molecule is Cc1c(C(=O)NCC(C)(C)C(N)=O)cc(-c2ccc(S(=O)(=O)NC(C)(C)C)c(C(F)F)c2)n1CC1CCCCC1. The molecule has 2 amide bonds. The number of alkyl halides is 2. The number of hydrogen-bond donors (Lipinski definition) is 3. The fourth-order valence-electron chi connectivity index (χ4n) is 5.04. The van der Waals surface area contributed by atoms with Gasteiger partial charge in [0.25, 0.3) is 12.3 Å². The van der Waals surface area contributed by atoms with E-state index in [-0.39, 0.29) is 6.54 Å². The highest BCUT2D eigenvalue weighted by Crippen LogP contribution is 2.35. The number of rotatable bonds is 10. The van der Waals surface area contributed by atoms with Crippen molar-refractivity contribution in [3.05, 3.63) is 41.1 Å². The van der Waals surface area contributed by atoms with Crippen LogP contribution in [-0.2, 0) is 21.4 Å². The normalized spacial score (nSPS) is 15.4. The smallest absolute Gasteiger partial charge is 0.265 e. The maximum atomic E-state index is 14.2. The van der Waals surface area contributed by atoms with E-state index in [1.807, 2.05) is 4.57 Å². The van der Waals surface area contributed by atoms with Gasteiger partial charge in [-0.3, -0.25) is 9.59 Å². The lowest BCUT2D eigenvalue weighted by Crippen LogP contribution is -2.42. The molecule has 1 aliphatic carbocycles. The molecule has 0 spiro atoms. The van der Waals surface area contributed by atoms with Gasteiger partial charge in [0.05, 0.1) is 15.9 Å². The fraction of sp³-hybridized carbons (Fsp3) is 0.586. The molecule has 40 heavy (non-hydrogen) atoms. The van der Waals surface area contributed by atoms with Gasteiger partial charge in [-0.2, -0.15) is 0 Å². The molecule has 0 aliphatic heterocycles. The van der Waals surface area contributed by atoms with Crippen LogP contribution < -0.4 is 15.8 Å². The molecule has 1 heterocycles. The number of carbonyl (C=O) groups is 2. The average molecular weight is 581 g/mol. The maximum absolute atomic E-state index is 14.2. The molecule has 1 saturated carbocycles. The minimum absolute atomic E-state index is 0.0343. The second-order valence-electron chi connectivity index (χ2n) is 12.5. The molecule has 0 radical (unpaired) electrons. The molecule has 222 valence electrons. The van der Waals surface area contributed by atoms with Crippen LogP contribution in [0.4, 0.5) is 8.78 Å². The lowest BCUT2D eigenvalue weighted by atomic mass is 9.89. The quantitative estimate of drug-likeness (QED) is 0.353. The Kier molecular flexibility index (Phi) is 9.51. The maximum Gasteiger partial charge on any atom is 0.265 e. The summed E-state index contributed by atoms with van der Waals surface area (Å²) in [7, 11) is -4.21. The Labute approximate surface area is 236 Å². The zero-order valence-corrected chi connectivity index (χ0v) is 25.1. The molecule has 8 nitrogen and oxygen atoms in total. The Morgan fingerprint density at radius 1 is 1.07 bits per heavy atom. The molecule has 0 bridgehead atoms. The molecule has 0 saturated heterocycles. The summed E-state index contributed by atoms with van der Waals surface area (Å²) >= 11 is 0. The number of benzene rings is 1. The third kappa shape index (κ3) is 7.48. The Bertz CT molecular complexity index is 1350. The number of halogens is 2. The Morgan fingerprint density at radius 2 is 1.70 bits per heavy atom. The molecule has 1 aliphatic rings. The summed E-state index contributed by atoms with van der Waals surface area (Å²) < 4.78 is 58.8. The summed E-state index contributed by atoms with van der Waals surface area (Å²) in [6, 6.07) is 5.56. The van der Waals surface area contributed by atoms with Crippen molar-refractivity contribution in [3.63, 3.8) is 0 Å². The summed E-state index contributed by atoms with van der Waals surface area (Å²) in [4.78, 5) is 24.5. The van der Waals surface area contributed by atoms with Gasteiger partial charge in [-0.1, -0.05) is 25.3 Å². The fourth-order valence-corrected chi connectivity index (χ4v) is 6.66. The topological polar surface area (TPSA) is 123 Å². The number of nitrogens with two attached hydrogens (primary N) is 1. The average Bonchev–Trinajstić information content (AvgIpc) is 3.17. The molecule has 1 fully saturated rings. The number of nitrogens with one attached hydrogen (secondary N) is 2. The van der Waals surface area contributed by atoms with Gasteiger partial charge >= 0.3 is 0 Å². The van der Waals surface area contributed by atoms with E-state index in [4.69, 9.17) is 5.73 Å². The number of primary amides is 1. The molecular weight excluding hydrogens is 538 g/mol. The second kappa shape index (κ2) is 12.0. The summed E-state index contributed by atoms with van der Waals surface area (Å²) in [5.41, 5.74) is 5.00. The zero-order chi connectivity index (χ0) is 30.0. The molecule has 11 heteroatoms. The minimum atomic E-state index is -4.21. The first-order chi connectivity index (χ1) is 18.4. The first kappa shape index (κ1) is 31.7. The Hall–Kier alpha value is -2.79. The number of amides is 2. The first-order valence-electron chi connectivity index (χ1n) is 13.7. The Morgan fingerprint density at radius 3 is 2.25 bits per heavy atom. The van der Waals surface area contributed by atoms with E-state index in [9.17, 15) is 26.8 Å². The van der Waals surface area contributed by atoms with E-state index < -0.39 is 49.7 Å². The molecule has 2 aromatic rings. The van der Waals surface area contributed by atoms with Crippen molar-refractivity contribution >= 4 is 21.8 Å². The van der Waals surface area contributed by atoms with Crippen LogP contribution in [0.2, 0.25) is 0 Å². The highest BCUT2D eigenvalue weighted by Gasteiger charge is 2.30. The van der Waals surface area contributed by atoms with Crippen LogP contribution in [0, 0.1) is 18.3 Å². The zero-order valence-electron chi connectivity index (χ0n) is 24.2. The van der Waals surface area contributed by atoms with E-state index in [1.165, 1.54) is 24.6 Å². The predicted octanol–water partition coefficient (Wildman–Crippen LogP) is 5.30. The van der Waals surface area contributed by atoms with Crippen molar-refractivity contribution in [2.45, 2.75) is 97.1 Å². The van der Waals surface area contributed by atoms with Crippen molar-refractivity contribution in [1.82, 2.24) is 14.6 Å². The molecule has 0 atom stereocenters. The number of hydrogen-bond acceptors (Lipinski definition) is 4. The first-order valence-corrected chi connectivity index (χ1v) is 15.2. The lowest BCUT2D eigenvalue weighted by Gasteiger charge is -2.25. The van der Waals surface area contributed by atoms with Crippen LogP contribution in [-0.4, -0.2) is 36.9 Å². The standard InChI is InChI=1S/C29H42F2N4O4S/c1-18-21(26(36)33-17-29(5,6)27(32)37)15-23(35(18)16-19-10-8-7-9-11-19)20-12-13-24(22(14-20)25(30)31)40(38,39)34-28(2,3)4/h12-15,19,25,34H,7-11,16-17H2,1-6H3,(H2,32,37)(H,33,36). The van der Waals surface area contributed by atoms with Gasteiger partial charge in [0.1, 0.15) is 0 Å². The summed E-state index contributed by atoms with van der Waals surface area (Å²) in [6.45, 7) is 10.6. The van der Waals surface area contributed by atoms with Crippen molar-refractivity contribution in [3.8, 4) is 11.3 Å². The van der Waals surface area contributed by atoms with E-state index in [1.54, 1.807) is 47.6 Å². The van der Waals surface area contributed by atoms with Crippen molar-refractivity contribution in [1.29, 1.82) is 0 Å². The molecule has 4 N–H and O–H groups in total. The van der Waals surface area contributed by atoms with Crippen LogP contribution in [0.25, 0.3) is 11.3 Å². The molecule has 0 unspecified atom stereocenters. The third-order valence-corrected chi connectivity index (χ3v) is 9.24. The second-order valence-corrected chi connectivity index (χ2v) is 14.1. The summed E-state index contributed by atoms with van der Waals surface area (Å²) in [6.07, 6.45) is 2.42. The van der Waals surface area contributed by atoms with Gasteiger partial charge < -0.3 is 15.6 Å². The van der Waals surface area contributed by atoms with Crippen LogP contribution in [0.1, 0.15) is 94.8 Å². The van der Waals surface area contributed by atoms with Gasteiger partial charge in [0, 0.05) is 35.6 Å². The summed E-state index contributed by atoms with van der Waals surface area (Å²) in [5, 5.41) is 2.78. The van der Waals surface area contributed by atoms with Crippen LogP contribution in [0.15, 0.2) is 29.2 Å². The Balaban J connectivity index is 2.09. The van der Waals surface area contributed by atoms with E-state index in [0.29, 0.717) is 35.0 Å². The number of aromatic nitrogens is 1. The summed E-state index contributed by atoms with van der Waals surface area (Å²) in [5.74, 6) is -0.581. The van der Waals surface area contributed by atoms with Crippen LogP contribution >= 0.6 is 0 Å². The predicted molar refractivity (Wildman–Crippen MR) is 152 cm³/mol. The highest BCUT2D eigenvalue weighted by atomic mass is 32.2. The third-order valence-electron chi connectivity index (χ3n) is 7.41. The van der Waals surface area contributed by atoms with Crippen molar-refractivity contribution in [2.75, 3.05) is 6.54 Å². The van der Waals surface area contributed by atoms with Crippen molar-refractivity contribution in [2.24, 2.45) is 17.1 Å². The molecule has 1 aromatic carbocycles. The molecule has 1 aromatic heterocycles. The largest absolute Gasteiger partial charge is 0.369 e. The lowest BCUT2D eigenvalue weighted by molar-refractivity contribution is -0.125. The van der Waals surface area contributed by atoms with Gasteiger partial charge in [0.2, 0.25) is 15.9 Å². The van der Waals surface area contributed by atoms with E-state index in [0.717, 1.165) is 25.7 Å². The van der Waals surface area contributed by atoms with E-state index >= 15 is 0 Å². The van der Waals surface area contributed by atoms with Gasteiger partial charge in [-0.15, -0.1) is 0 Å². The molecule has 3 rings (SSSR count). The van der Waals surface area contributed by atoms with Crippen LogP contribution in [0.3, 0.4) is 0 Å². The monoisotopic (exact) mass is 580 g/mol. The number of nitrogens with zero attached hydrogens (tertiary/aromatic N) is 1. The minimum Gasteiger partial charge on any atom is -0.369 e.